The third-order valence-corrected chi connectivity index (χ3v) is 3.23. The van der Waals surface area contributed by atoms with Crippen LogP contribution in [0.15, 0.2) is 11.6 Å². The van der Waals surface area contributed by atoms with E-state index in [4.69, 9.17) is 0 Å². The first-order valence-electron chi connectivity index (χ1n) is 5.06. The van der Waals surface area contributed by atoms with E-state index in [2.05, 4.69) is 24.8 Å². The van der Waals surface area contributed by atoms with Gasteiger partial charge in [-0.3, -0.25) is 4.90 Å². The van der Waals surface area contributed by atoms with Gasteiger partial charge in [-0.05, 0) is 31.6 Å². The maximum absolute atomic E-state index is 2.60. The highest BCUT2D eigenvalue weighted by molar-refractivity contribution is 5.05. The minimum Gasteiger partial charge on any atom is -0.299 e. The molecular weight excluding hydrogens is 146 g/mol. The average molecular weight is 165 g/mol. The van der Waals surface area contributed by atoms with Crippen molar-refractivity contribution < 1.29 is 0 Å². The second-order valence-corrected chi connectivity index (χ2v) is 4.85. The molecule has 0 amide bonds. The number of nitrogens with zero attached hydrogens (tertiary/aromatic N) is 1. The summed E-state index contributed by atoms with van der Waals surface area (Å²) in [6, 6.07) is 0. The highest BCUT2D eigenvalue weighted by Gasteiger charge is 2.38. The van der Waals surface area contributed by atoms with Gasteiger partial charge in [0.1, 0.15) is 0 Å². The minimum absolute atomic E-state index is 0.694. The predicted molar refractivity (Wildman–Crippen MR) is 52.2 cm³/mol. The highest BCUT2D eigenvalue weighted by atomic mass is 15.1. The van der Waals surface area contributed by atoms with Gasteiger partial charge < -0.3 is 0 Å². The van der Waals surface area contributed by atoms with Crippen molar-refractivity contribution in [1.29, 1.82) is 0 Å². The van der Waals surface area contributed by atoms with E-state index in [9.17, 15) is 0 Å². The highest BCUT2D eigenvalue weighted by Crippen LogP contribution is 2.45. The summed E-state index contributed by atoms with van der Waals surface area (Å²) >= 11 is 0. The molecule has 1 saturated carbocycles. The van der Waals surface area contributed by atoms with Crippen molar-refractivity contribution in [3.8, 4) is 0 Å². The Kier molecular flexibility index (Phi) is 1.99. The van der Waals surface area contributed by atoms with Gasteiger partial charge >= 0.3 is 0 Å². The van der Waals surface area contributed by atoms with Crippen LogP contribution in [0.4, 0.5) is 0 Å². The van der Waals surface area contributed by atoms with Crippen LogP contribution in [0.1, 0.15) is 33.1 Å². The van der Waals surface area contributed by atoms with Gasteiger partial charge in [-0.2, -0.15) is 0 Å². The van der Waals surface area contributed by atoms with E-state index >= 15 is 0 Å². The molecule has 0 saturated heterocycles. The monoisotopic (exact) mass is 165 g/mol. The zero-order valence-electron chi connectivity index (χ0n) is 8.27. The van der Waals surface area contributed by atoms with Gasteiger partial charge in [-0.1, -0.05) is 18.6 Å². The summed E-state index contributed by atoms with van der Waals surface area (Å²) < 4.78 is 0. The van der Waals surface area contributed by atoms with Crippen LogP contribution >= 0.6 is 0 Å². The molecule has 0 bridgehead atoms. The molecule has 0 unspecified atom stereocenters. The fourth-order valence-corrected chi connectivity index (χ4v) is 1.87. The van der Waals surface area contributed by atoms with E-state index in [1.54, 1.807) is 5.57 Å². The summed E-state index contributed by atoms with van der Waals surface area (Å²) in [6.07, 6.45) is 6.57. The molecule has 0 radical (unpaired) electrons. The Morgan fingerprint density at radius 1 is 1.50 bits per heavy atom. The Bertz CT molecular complexity index is 201. The van der Waals surface area contributed by atoms with Gasteiger partial charge in [0.25, 0.3) is 0 Å². The van der Waals surface area contributed by atoms with Gasteiger partial charge in [0, 0.05) is 19.6 Å². The lowest BCUT2D eigenvalue weighted by Crippen LogP contribution is -2.33. The van der Waals surface area contributed by atoms with Crippen molar-refractivity contribution in [2.45, 2.75) is 33.1 Å². The molecule has 1 heteroatoms. The molecule has 12 heavy (non-hydrogen) atoms. The van der Waals surface area contributed by atoms with Gasteiger partial charge in [-0.25, -0.2) is 0 Å². The molecule has 0 aromatic heterocycles. The Morgan fingerprint density at radius 3 is 2.75 bits per heavy atom. The van der Waals surface area contributed by atoms with Crippen LogP contribution < -0.4 is 0 Å². The van der Waals surface area contributed by atoms with Gasteiger partial charge in [0.2, 0.25) is 0 Å². The maximum Gasteiger partial charge on any atom is 0.0166 e. The maximum atomic E-state index is 2.60. The second kappa shape index (κ2) is 2.88. The Balaban J connectivity index is 1.83. The topological polar surface area (TPSA) is 3.24 Å². The van der Waals surface area contributed by atoms with Crippen molar-refractivity contribution >= 4 is 0 Å². The first-order valence-corrected chi connectivity index (χ1v) is 5.06. The predicted octanol–water partition coefficient (Wildman–Crippen LogP) is 2.44. The van der Waals surface area contributed by atoms with Crippen LogP contribution in [-0.4, -0.2) is 24.5 Å². The normalized spacial score (nSPS) is 28.3. The quantitative estimate of drug-likeness (QED) is 0.568. The van der Waals surface area contributed by atoms with Crippen LogP contribution in [0.2, 0.25) is 0 Å². The molecule has 1 aliphatic heterocycles. The van der Waals surface area contributed by atoms with E-state index in [0.29, 0.717) is 5.41 Å². The molecule has 0 aromatic rings. The van der Waals surface area contributed by atoms with Crippen LogP contribution in [-0.2, 0) is 0 Å². The van der Waals surface area contributed by atoms with Crippen LogP contribution in [0, 0.1) is 5.41 Å². The molecule has 2 aliphatic rings. The molecule has 0 aromatic carbocycles. The van der Waals surface area contributed by atoms with Crippen molar-refractivity contribution in [3.63, 3.8) is 0 Å². The molecule has 1 heterocycles. The van der Waals surface area contributed by atoms with Crippen LogP contribution in [0.25, 0.3) is 0 Å². The molecule has 68 valence electrons. The molecule has 1 aliphatic carbocycles. The zero-order valence-corrected chi connectivity index (χ0v) is 8.27. The van der Waals surface area contributed by atoms with Crippen molar-refractivity contribution in [2.75, 3.05) is 19.6 Å². The first-order chi connectivity index (χ1) is 5.68. The number of rotatable bonds is 2. The summed E-state index contributed by atoms with van der Waals surface area (Å²) in [7, 11) is 0. The lowest BCUT2D eigenvalue weighted by atomic mass is 10.1. The Labute approximate surface area is 75.4 Å². The average Bonchev–Trinajstić information content (AvgIpc) is 2.74. The summed E-state index contributed by atoms with van der Waals surface area (Å²) in [5.74, 6) is 0. The smallest absolute Gasteiger partial charge is 0.0166 e. The zero-order chi connectivity index (χ0) is 8.60. The van der Waals surface area contributed by atoms with Crippen LogP contribution in [0.3, 0.4) is 0 Å². The minimum atomic E-state index is 0.694. The van der Waals surface area contributed by atoms with Crippen molar-refractivity contribution in [3.05, 3.63) is 11.6 Å². The molecule has 1 nitrogen and oxygen atoms in total. The van der Waals surface area contributed by atoms with E-state index in [-0.39, 0.29) is 0 Å². The van der Waals surface area contributed by atoms with Crippen molar-refractivity contribution in [2.24, 2.45) is 5.41 Å². The Hall–Kier alpha value is -0.300. The lowest BCUT2D eigenvalue weighted by molar-refractivity contribution is 0.243. The first kappa shape index (κ1) is 8.31. The van der Waals surface area contributed by atoms with E-state index < -0.39 is 0 Å². The largest absolute Gasteiger partial charge is 0.299 e. The van der Waals surface area contributed by atoms with E-state index in [1.165, 1.54) is 38.9 Å². The lowest BCUT2D eigenvalue weighted by Gasteiger charge is -2.27. The number of hydrogen-bond acceptors (Lipinski definition) is 1. The third-order valence-electron chi connectivity index (χ3n) is 3.23. The second-order valence-electron chi connectivity index (χ2n) is 4.85. The van der Waals surface area contributed by atoms with Gasteiger partial charge in [0.15, 0.2) is 0 Å². The molecule has 0 atom stereocenters. The fourth-order valence-electron chi connectivity index (χ4n) is 1.87. The summed E-state index contributed by atoms with van der Waals surface area (Å²) in [5.41, 5.74) is 2.27. The molecule has 0 N–H and O–H groups in total. The van der Waals surface area contributed by atoms with Gasteiger partial charge in [-0.15, -0.1) is 0 Å². The SMILES string of the molecule is CC1=CCN(CC2(C)CC2)CC1. The molecule has 0 spiro atoms. The molecule has 1 fully saturated rings. The molecular formula is C11H19N. The summed E-state index contributed by atoms with van der Waals surface area (Å²) in [4.78, 5) is 2.60. The third kappa shape index (κ3) is 1.89. The van der Waals surface area contributed by atoms with E-state index in [1.807, 2.05) is 0 Å². The molecule has 2 rings (SSSR count). The van der Waals surface area contributed by atoms with E-state index in [0.717, 1.165) is 0 Å². The van der Waals surface area contributed by atoms with Crippen LogP contribution in [0.5, 0.6) is 0 Å². The van der Waals surface area contributed by atoms with Crippen molar-refractivity contribution in [1.82, 2.24) is 4.90 Å². The Morgan fingerprint density at radius 2 is 2.25 bits per heavy atom. The summed E-state index contributed by atoms with van der Waals surface area (Å²) in [5, 5.41) is 0. The standard InChI is InChI=1S/C11H19N/c1-10-3-7-12(8-4-10)9-11(2)5-6-11/h3H,4-9H2,1-2H3. The number of hydrogen-bond donors (Lipinski definition) is 0. The summed E-state index contributed by atoms with van der Waals surface area (Å²) in [6.45, 7) is 8.48. The van der Waals surface area contributed by atoms with Gasteiger partial charge in [0.05, 0.1) is 0 Å². The fraction of sp³-hybridized carbons (Fsp3) is 0.818.